The number of aromatic nitrogens is 1. The van der Waals surface area contributed by atoms with E-state index in [2.05, 4.69) is 4.57 Å². The molecule has 90 valence electrons. The van der Waals surface area contributed by atoms with E-state index in [4.69, 9.17) is 16.3 Å². The van der Waals surface area contributed by atoms with Crippen LogP contribution in [0.4, 0.5) is 0 Å². The highest BCUT2D eigenvalue weighted by Crippen LogP contribution is 2.25. The van der Waals surface area contributed by atoms with E-state index in [1.165, 1.54) is 0 Å². The number of hydrogen-bond acceptors (Lipinski definition) is 1. The van der Waals surface area contributed by atoms with Crippen molar-refractivity contribution in [2.75, 3.05) is 6.61 Å². The zero-order chi connectivity index (χ0) is 12.3. The maximum atomic E-state index is 6.11. The highest BCUT2D eigenvalue weighted by molar-refractivity contribution is 6.32. The molecular formula is C14H16ClNO. The number of ether oxygens (including phenoxy) is 1. The fourth-order valence-electron chi connectivity index (χ4n) is 1.78. The number of nitrogens with zero attached hydrogens (tertiary/aromatic N) is 1. The third-order valence-electron chi connectivity index (χ3n) is 2.69. The van der Waals surface area contributed by atoms with Crippen molar-refractivity contribution in [3.8, 4) is 5.75 Å². The van der Waals surface area contributed by atoms with Crippen LogP contribution in [0.5, 0.6) is 5.75 Å². The van der Waals surface area contributed by atoms with E-state index in [9.17, 15) is 0 Å². The fraction of sp³-hybridized carbons (Fsp3) is 0.286. The zero-order valence-electron chi connectivity index (χ0n) is 10.1. The molecule has 0 saturated heterocycles. The van der Waals surface area contributed by atoms with E-state index < -0.39 is 0 Å². The van der Waals surface area contributed by atoms with Crippen molar-refractivity contribution in [2.24, 2.45) is 0 Å². The Bertz CT molecular complexity index is 468. The molecule has 1 aromatic carbocycles. The highest BCUT2D eigenvalue weighted by atomic mass is 35.5. The standard InChI is InChI=1S/C14H16ClNO/c1-11-9-13(10-12(2)14(11)15)17-8-7-16-5-3-4-6-16/h3-6,9-10H,7-8H2,1-2H3. The topological polar surface area (TPSA) is 14.2 Å². The highest BCUT2D eigenvalue weighted by Gasteiger charge is 2.03. The van der Waals surface area contributed by atoms with Crippen molar-refractivity contribution < 1.29 is 4.74 Å². The van der Waals surface area contributed by atoms with Gasteiger partial charge in [-0.15, -0.1) is 0 Å². The predicted octanol–water partition coefficient (Wildman–Crippen LogP) is 3.84. The van der Waals surface area contributed by atoms with Gasteiger partial charge in [-0.25, -0.2) is 0 Å². The van der Waals surface area contributed by atoms with Gasteiger partial charge in [-0.2, -0.15) is 0 Å². The van der Waals surface area contributed by atoms with Crippen LogP contribution in [0.25, 0.3) is 0 Å². The monoisotopic (exact) mass is 249 g/mol. The molecule has 3 heteroatoms. The van der Waals surface area contributed by atoms with Gasteiger partial charge in [-0.1, -0.05) is 11.6 Å². The molecule has 0 aliphatic carbocycles. The molecule has 0 unspecified atom stereocenters. The quantitative estimate of drug-likeness (QED) is 0.803. The van der Waals surface area contributed by atoms with Crippen molar-refractivity contribution in [2.45, 2.75) is 20.4 Å². The van der Waals surface area contributed by atoms with Crippen molar-refractivity contribution in [3.63, 3.8) is 0 Å². The molecule has 2 nitrogen and oxygen atoms in total. The van der Waals surface area contributed by atoms with E-state index in [0.717, 1.165) is 28.4 Å². The van der Waals surface area contributed by atoms with E-state index >= 15 is 0 Å². The summed E-state index contributed by atoms with van der Waals surface area (Å²) in [7, 11) is 0. The number of rotatable bonds is 4. The Morgan fingerprint density at radius 2 is 1.71 bits per heavy atom. The molecule has 0 atom stereocenters. The molecule has 17 heavy (non-hydrogen) atoms. The van der Waals surface area contributed by atoms with Gasteiger partial charge in [0.2, 0.25) is 0 Å². The zero-order valence-corrected chi connectivity index (χ0v) is 10.9. The largest absolute Gasteiger partial charge is 0.492 e. The van der Waals surface area contributed by atoms with Gasteiger partial charge in [0, 0.05) is 17.4 Å². The average molecular weight is 250 g/mol. The lowest BCUT2D eigenvalue weighted by Crippen LogP contribution is -2.06. The van der Waals surface area contributed by atoms with E-state index in [1.54, 1.807) is 0 Å². The second-order valence-electron chi connectivity index (χ2n) is 4.14. The van der Waals surface area contributed by atoms with Gasteiger partial charge in [0.05, 0.1) is 6.54 Å². The first-order valence-corrected chi connectivity index (χ1v) is 6.05. The summed E-state index contributed by atoms with van der Waals surface area (Å²) in [6.07, 6.45) is 4.06. The van der Waals surface area contributed by atoms with Crippen LogP contribution in [0, 0.1) is 13.8 Å². The minimum absolute atomic E-state index is 0.662. The van der Waals surface area contributed by atoms with Crippen LogP contribution >= 0.6 is 11.6 Å². The lowest BCUT2D eigenvalue weighted by Gasteiger charge is -2.10. The molecule has 1 aromatic heterocycles. The predicted molar refractivity (Wildman–Crippen MR) is 70.9 cm³/mol. The van der Waals surface area contributed by atoms with Crippen LogP contribution < -0.4 is 4.74 Å². The summed E-state index contributed by atoms with van der Waals surface area (Å²) in [6, 6.07) is 7.98. The van der Waals surface area contributed by atoms with Gasteiger partial charge in [-0.05, 0) is 49.2 Å². The van der Waals surface area contributed by atoms with Crippen molar-refractivity contribution in [3.05, 3.63) is 52.8 Å². The molecule has 0 saturated carbocycles. The number of hydrogen-bond donors (Lipinski definition) is 0. The molecule has 0 bridgehead atoms. The molecule has 0 N–H and O–H groups in total. The number of halogens is 1. The molecule has 2 rings (SSSR count). The second kappa shape index (κ2) is 5.28. The normalized spacial score (nSPS) is 10.5. The van der Waals surface area contributed by atoms with Crippen molar-refractivity contribution >= 4 is 11.6 Å². The van der Waals surface area contributed by atoms with Crippen LogP contribution in [-0.4, -0.2) is 11.2 Å². The van der Waals surface area contributed by atoms with Gasteiger partial charge in [0.1, 0.15) is 12.4 Å². The van der Waals surface area contributed by atoms with Crippen LogP contribution in [0.15, 0.2) is 36.7 Å². The Balaban J connectivity index is 1.95. The molecule has 0 amide bonds. The van der Waals surface area contributed by atoms with Gasteiger partial charge in [-0.3, -0.25) is 0 Å². The smallest absolute Gasteiger partial charge is 0.120 e. The summed E-state index contributed by atoms with van der Waals surface area (Å²) >= 11 is 6.11. The number of aryl methyl sites for hydroxylation is 2. The maximum Gasteiger partial charge on any atom is 0.120 e. The minimum atomic E-state index is 0.662. The summed E-state index contributed by atoms with van der Waals surface area (Å²) in [5, 5.41) is 0.822. The van der Waals surface area contributed by atoms with Gasteiger partial charge < -0.3 is 9.30 Å². The van der Waals surface area contributed by atoms with Crippen LogP contribution in [0.2, 0.25) is 5.02 Å². The summed E-state index contributed by atoms with van der Waals surface area (Å²) < 4.78 is 7.81. The van der Waals surface area contributed by atoms with E-state index in [0.29, 0.717) is 6.61 Å². The lowest BCUT2D eigenvalue weighted by molar-refractivity contribution is 0.298. The van der Waals surface area contributed by atoms with Gasteiger partial charge >= 0.3 is 0 Å². The summed E-state index contributed by atoms with van der Waals surface area (Å²) in [6.45, 7) is 5.51. The molecule has 1 heterocycles. The molecular weight excluding hydrogens is 234 g/mol. The minimum Gasteiger partial charge on any atom is -0.492 e. The Labute approximate surface area is 107 Å². The van der Waals surface area contributed by atoms with Crippen LogP contribution in [-0.2, 0) is 6.54 Å². The Morgan fingerprint density at radius 3 is 2.29 bits per heavy atom. The Hall–Kier alpha value is -1.41. The average Bonchev–Trinajstić information content (AvgIpc) is 2.79. The van der Waals surface area contributed by atoms with Crippen LogP contribution in [0.3, 0.4) is 0 Å². The van der Waals surface area contributed by atoms with Crippen molar-refractivity contribution in [1.82, 2.24) is 4.57 Å². The lowest BCUT2D eigenvalue weighted by atomic mass is 10.1. The van der Waals surface area contributed by atoms with Crippen LogP contribution in [0.1, 0.15) is 11.1 Å². The molecule has 0 fully saturated rings. The summed E-state index contributed by atoms with van der Waals surface area (Å²) in [5.74, 6) is 0.886. The fourth-order valence-corrected chi connectivity index (χ4v) is 1.89. The third-order valence-corrected chi connectivity index (χ3v) is 3.29. The number of benzene rings is 1. The van der Waals surface area contributed by atoms with Gasteiger partial charge in [0.25, 0.3) is 0 Å². The molecule has 2 aromatic rings. The first kappa shape index (κ1) is 12.1. The third kappa shape index (κ3) is 3.04. The summed E-state index contributed by atoms with van der Waals surface area (Å²) in [5.41, 5.74) is 2.12. The van der Waals surface area contributed by atoms with E-state index in [1.807, 2.05) is 50.5 Å². The second-order valence-corrected chi connectivity index (χ2v) is 4.52. The Kier molecular flexibility index (Phi) is 3.75. The summed E-state index contributed by atoms with van der Waals surface area (Å²) in [4.78, 5) is 0. The SMILES string of the molecule is Cc1cc(OCCn2cccc2)cc(C)c1Cl. The van der Waals surface area contributed by atoms with Gasteiger partial charge in [0.15, 0.2) is 0 Å². The van der Waals surface area contributed by atoms with Crippen molar-refractivity contribution in [1.29, 1.82) is 0 Å². The Morgan fingerprint density at radius 1 is 1.12 bits per heavy atom. The first-order chi connectivity index (χ1) is 8.16. The first-order valence-electron chi connectivity index (χ1n) is 5.67. The maximum absolute atomic E-state index is 6.11. The molecule has 0 radical (unpaired) electrons. The molecule has 0 spiro atoms. The van der Waals surface area contributed by atoms with E-state index in [-0.39, 0.29) is 0 Å². The molecule has 0 aliphatic rings. The molecule has 0 aliphatic heterocycles.